The summed E-state index contributed by atoms with van der Waals surface area (Å²) in [6, 6.07) is 7.33. The van der Waals surface area contributed by atoms with Crippen LogP contribution in [0.1, 0.15) is 99.3 Å². The van der Waals surface area contributed by atoms with E-state index in [-0.39, 0.29) is 23.6 Å². The van der Waals surface area contributed by atoms with Crippen molar-refractivity contribution in [2.75, 3.05) is 26.2 Å². The number of hydrogen-bond donors (Lipinski definition) is 4. The second kappa shape index (κ2) is 11.1. The monoisotopic (exact) mass is 740 g/mol. The van der Waals surface area contributed by atoms with E-state index in [4.69, 9.17) is 18.9 Å². The number of phenolic OH excluding ortho intramolecular Hbond substituents is 1. The van der Waals surface area contributed by atoms with E-state index in [9.17, 15) is 25.2 Å². The molecule has 4 N–H and O–H groups in total. The molecule has 2 aromatic rings. The van der Waals surface area contributed by atoms with Gasteiger partial charge in [0.15, 0.2) is 23.0 Å². The summed E-state index contributed by atoms with van der Waals surface area (Å²) >= 11 is 0. The Balaban J connectivity index is 0.849. The van der Waals surface area contributed by atoms with Gasteiger partial charge in [0.1, 0.15) is 18.3 Å². The van der Waals surface area contributed by atoms with Crippen LogP contribution in [-0.2, 0) is 28.4 Å². The molecule has 0 radical (unpaired) electrons. The highest BCUT2D eigenvalue weighted by Crippen LogP contribution is 2.67. The first-order valence-electron chi connectivity index (χ1n) is 21.0. The number of ether oxygens (including phenoxy) is 4. The average molecular weight is 741 g/mol. The fraction of sp³-hybridized carbons (Fsp3) is 0.698. The van der Waals surface area contributed by atoms with Crippen LogP contribution in [0, 0.1) is 11.8 Å². The van der Waals surface area contributed by atoms with Crippen LogP contribution < -0.4 is 14.2 Å². The number of phenols is 1. The van der Waals surface area contributed by atoms with Gasteiger partial charge in [-0.2, -0.15) is 0 Å². The van der Waals surface area contributed by atoms with Gasteiger partial charge in [0, 0.05) is 36.3 Å². The summed E-state index contributed by atoms with van der Waals surface area (Å²) in [7, 11) is 0. The zero-order valence-corrected chi connectivity index (χ0v) is 30.9. The Labute approximate surface area is 315 Å². The fourth-order valence-corrected chi connectivity index (χ4v) is 14.1. The summed E-state index contributed by atoms with van der Waals surface area (Å²) < 4.78 is 25.6. The third kappa shape index (κ3) is 3.93. The van der Waals surface area contributed by atoms with Gasteiger partial charge in [0.25, 0.3) is 0 Å². The third-order valence-electron chi connectivity index (χ3n) is 16.9. The molecule has 288 valence electrons. The molecule has 12 rings (SSSR count). The molecule has 0 aromatic heterocycles. The summed E-state index contributed by atoms with van der Waals surface area (Å²) in [5.41, 5.74) is 0.210. The Hall–Kier alpha value is -3.09. The molecule has 10 aliphatic rings. The van der Waals surface area contributed by atoms with Crippen LogP contribution in [0.3, 0.4) is 0 Å². The van der Waals surface area contributed by atoms with Crippen molar-refractivity contribution in [2.24, 2.45) is 11.8 Å². The number of piperidine rings is 2. The van der Waals surface area contributed by atoms with Gasteiger partial charge in [-0.25, -0.2) is 4.79 Å². The highest BCUT2D eigenvalue weighted by atomic mass is 16.7. The molecule has 4 bridgehead atoms. The first-order chi connectivity index (χ1) is 26.1. The molecule has 54 heavy (non-hydrogen) atoms. The van der Waals surface area contributed by atoms with E-state index in [1.165, 1.54) is 38.5 Å². The zero-order chi connectivity index (χ0) is 36.4. The zero-order valence-electron chi connectivity index (χ0n) is 30.9. The molecular weight excluding hydrogens is 688 g/mol. The van der Waals surface area contributed by atoms with Gasteiger partial charge in [-0.15, -0.1) is 0 Å². The van der Waals surface area contributed by atoms with Gasteiger partial charge in [-0.05, 0) is 125 Å². The molecule has 6 fully saturated rings. The minimum Gasteiger partial charge on any atom is -0.504 e. The maximum Gasteiger partial charge on any atom is 0.514 e. The van der Waals surface area contributed by atoms with Crippen molar-refractivity contribution in [1.82, 2.24) is 9.80 Å². The number of rotatable bonds is 6. The van der Waals surface area contributed by atoms with Crippen LogP contribution in [0.4, 0.5) is 4.79 Å². The second-order valence-electron chi connectivity index (χ2n) is 18.9. The van der Waals surface area contributed by atoms with Gasteiger partial charge in [0.05, 0.1) is 28.1 Å². The number of nitrogens with zero attached hydrogens (tertiary/aromatic N) is 2. The van der Waals surface area contributed by atoms with Crippen molar-refractivity contribution in [3.63, 3.8) is 0 Å². The fourth-order valence-electron chi connectivity index (χ4n) is 14.1. The summed E-state index contributed by atoms with van der Waals surface area (Å²) in [4.78, 5) is 19.0. The molecule has 2 spiro atoms. The minimum absolute atomic E-state index is 0.0462. The van der Waals surface area contributed by atoms with E-state index < -0.39 is 52.6 Å². The van der Waals surface area contributed by atoms with E-state index in [1.807, 2.05) is 12.1 Å². The first-order valence-corrected chi connectivity index (χ1v) is 21.0. The summed E-state index contributed by atoms with van der Waals surface area (Å²) in [6.45, 7) is 3.63. The van der Waals surface area contributed by atoms with Crippen LogP contribution >= 0.6 is 0 Å². The Morgan fingerprint density at radius 3 is 1.94 bits per heavy atom. The van der Waals surface area contributed by atoms with Crippen LogP contribution in [0.15, 0.2) is 24.3 Å². The molecule has 4 heterocycles. The van der Waals surface area contributed by atoms with Crippen molar-refractivity contribution in [1.29, 1.82) is 0 Å². The van der Waals surface area contributed by atoms with Crippen molar-refractivity contribution in [2.45, 2.75) is 148 Å². The van der Waals surface area contributed by atoms with Gasteiger partial charge in [-0.3, -0.25) is 9.80 Å². The highest BCUT2D eigenvalue weighted by Gasteiger charge is 2.75. The molecule has 11 heteroatoms. The molecule has 11 nitrogen and oxygen atoms in total. The Morgan fingerprint density at radius 1 is 0.741 bits per heavy atom. The van der Waals surface area contributed by atoms with Crippen LogP contribution in [-0.4, -0.2) is 110 Å². The lowest BCUT2D eigenvalue weighted by Gasteiger charge is -2.64. The lowest BCUT2D eigenvalue weighted by atomic mass is 9.48. The Morgan fingerprint density at radius 2 is 1.31 bits per heavy atom. The third-order valence-corrected chi connectivity index (χ3v) is 16.9. The lowest BCUT2D eigenvalue weighted by Crippen LogP contribution is -2.77. The highest BCUT2D eigenvalue weighted by molar-refractivity contribution is 5.70. The smallest absolute Gasteiger partial charge is 0.504 e. The predicted molar refractivity (Wildman–Crippen MR) is 194 cm³/mol. The number of aliphatic hydroxyl groups is 3. The molecule has 2 aromatic carbocycles. The van der Waals surface area contributed by atoms with Crippen molar-refractivity contribution in [3.8, 4) is 23.0 Å². The number of benzene rings is 2. The van der Waals surface area contributed by atoms with Crippen LogP contribution in [0.2, 0.25) is 0 Å². The molecule has 2 saturated heterocycles. The number of aliphatic hydroxyl groups excluding tert-OH is 1. The summed E-state index contributed by atoms with van der Waals surface area (Å²) in [5, 5.41) is 48.1. The molecular formula is C43H52N2O9. The van der Waals surface area contributed by atoms with Gasteiger partial charge in [-0.1, -0.05) is 25.0 Å². The van der Waals surface area contributed by atoms with Crippen LogP contribution in [0.5, 0.6) is 23.0 Å². The Bertz CT molecular complexity index is 1950. The standard InChI is InChI=1S/C43H52N2O9/c46-27-9-7-25-19-32-43(50)14-12-30(38-41(43,33(25)35(27)53-38)16-18-45(32)22-24-5-2-6-24)52-39(48)51-29-10-8-26-20-31-42(49)13-11-28(47)37-40(42,34(26)36(29)54-37)15-17-44(31)21-23-3-1-4-23/h7-10,23-24,28,30-32,37-38,46-47,49-50H,1-6,11-22H2/t28?,30-,31+,32?,37-,38-,40-,41-,42+,43+/m0/s1. The summed E-state index contributed by atoms with van der Waals surface area (Å²) in [5.74, 6) is 2.48. The van der Waals surface area contributed by atoms with Gasteiger partial charge < -0.3 is 39.4 Å². The van der Waals surface area contributed by atoms with E-state index in [2.05, 4.69) is 9.80 Å². The molecule has 2 unspecified atom stereocenters. The van der Waals surface area contributed by atoms with E-state index in [0.717, 1.165) is 48.4 Å². The van der Waals surface area contributed by atoms with Crippen LogP contribution in [0.25, 0.3) is 0 Å². The summed E-state index contributed by atoms with van der Waals surface area (Å²) in [6.07, 6.45) is 8.39. The van der Waals surface area contributed by atoms with Gasteiger partial charge in [0.2, 0.25) is 0 Å². The van der Waals surface area contributed by atoms with E-state index in [0.29, 0.717) is 74.7 Å². The molecule has 10 atom stereocenters. The molecule has 0 amide bonds. The second-order valence-corrected chi connectivity index (χ2v) is 18.9. The number of carbonyl (C=O) groups excluding carboxylic acids is 1. The average Bonchev–Trinajstić information content (AvgIpc) is 3.66. The van der Waals surface area contributed by atoms with Crippen molar-refractivity contribution in [3.05, 3.63) is 46.5 Å². The van der Waals surface area contributed by atoms with Gasteiger partial charge >= 0.3 is 6.16 Å². The largest absolute Gasteiger partial charge is 0.514 e. The minimum atomic E-state index is -1.09. The maximum atomic E-state index is 14.0. The maximum absolute atomic E-state index is 14.0. The molecule has 6 aliphatic carbocycles. The molecule has 4 saturated carbocycles. The number of aromatic hydroxyl groups is 1. The quantitative estimate of drug-likeness (QED) is 0.250. The number of carbonyl (C=O) groups is 1. The normalized spacial score (nSPS) is 42.5. The number of hydrogen-bond acceptors (Lipinski definition) is 11. The SMILES string of the molecule is O=C(Oc1ccc2c3c1O[C@H]1C(O)CC[C@@]4(O)[C@@H](C2)N(CC2CCC2)CC[C@]314)O[C@H]1CC[C@@]2(O)C3Cc4ccc(O)c5c4[C@@]2(CCN3CC2CCC2)[C@H]1O5. The number of likely N-dealkylation sites (tertiary alicyclic amines) is 2. The topological polar surface area (TPSA) is 141 Å². The van der Waals surface area contributed by atoms with Crippen molar-refractivity contribution < 1.29 is 44.2 Å². The van der Waals surface area contributed by atoms with E-state index in [1.54, 1.807) is 12.1 Å². The lowest BCUT2D eigenvalue weighted by molar-refractivity contribution is -0.211. The first kappa shape index (κ1) is 33.1. The Kier molecular flexibility index (Phi) is 6.78. The molecule has 4 aliphatic heterocycles. The van der Waals surface area contributed by atoms with E-state index >= 15 is 0 Å². The predicted octanol–water partition coefficient (Wildman–Crippen LogP) is 4.25. The van der Waals surface area contributed by atoms with Crippen molar-refractivity contribution >= 4 is 6.16 Å².